The minimum atomic E-state index is -0.304. The van der Waals surface area contributed by atoms with E-state index in [9.17, 15) is 9.18 Å². The van der Waals surface area contributed by atoms with Crippen LogP contribution < -0.4 is 5.32 Å². The Morgan fingerprint density at radius 2 is 1.90 bits per heavy atom. The van der Waals surface area contributed by atoms with Crippen LogP contribution in [0.3, 0.4) is 0 Å². The lowest BCUT2D eigenvalue weighted by Gasteiger charge is -2.32. The number of fused-ring (bicyclic) bond motifs is 1. The first-order valence-electron chi connectivity index (χ1n) is 10.3. The molecule has 0 bridgehead atoms. The predicted octanol–water partition coefficient (Wildman–Crippen LogP) is 4.31. The first kappa shape index (κ1) is 20.4. The van der Waals surface area contributed by atoms with Crippen LogP contribution in [-0.2, 0) is 0 Å². The van der Waals surface area contributed by atoms with Gasteiger partial charge in [-0.1, -0.05) is 0 Å². The minimum absolute atomic E-state index is 0.114. The van der Waals surface area contributed by atoms with E-state index in [1.807, 2.05) is 4.90 Å². The second kappa shape index (κ2) is 7.41. The van der Waals surface area contributed by atoms with Crippen LogP contribution in [0.15, 0.2) is 22.7 Å². The van der Waals surface area contributed by atoms with Gasteiger partial charge in [-0.15, -0.1) is 0 Å². The molecule has 1 N–H and O–H groups in total. The molecule has 30 heavy (non-hydrogen) atoms. The standard InChI is InChI=1S/C22H28FN5O2/c1-13-19(30-14(2)24-13)21(29)27-10-8-15(9-11-27)18-20(26-22(3,4)5)28-12-16(23)6-7-17(28)25-18/h6-7,12,15,26H,8-11H2,1-5H3. The molecule has 0 radical (unpaired) electrons. The molecule has 1 saturated heterocycles. The number of piperidine rings is 1. The largest absolute Gasteiger partial charge is 0.436 e. The van der Waals surface area contributed by atoms with Crippen LogP contribution in [0.2, 0.25) is 0 Å². The Morgan fingerprint density at radius 3 is 2.50 bits per heavy atom. The maximum atomic E-state index is 13.9. The second-order valence-corrected chi connectivity index (χ2v) is 9.01. The van der Waals surface area contributed by atoms with E-state index in [1.54, 1.807) is 24.3 Å². The van der Waals surface area contributed by atoms with Gasteiger partial charge in [-0.2, -0.15) is 0 Å². The van der Waals surface area contributed by atoms with Gasteiger partial charge in [-0.3, -0.25) is 9.20 Å². The maximum Gasteiger partial charge on any atom is 0.291 e. The molecule has 0 unspecified atom stereocenters. The number of imidazole rings is 1. The van der Waals surface area contributed by atoms with Gasteiger partial charge in [-0.25, -0.2) is 14.4 Å². The van der Waals surface area contributed by atoms with Gasteiger partial charge in [0.25, 0.3) is 5.91 Å². The zero-order valence-corrected chi connectivity index (χ0v) is 18.1. The van der Waals surface area contributed by atoms with Crippen molar-refractivity contribution in [3.63, 3.8) is 0 Å². The molecule has 0 aliphatic carbocycles. The highest BCUT2D eigenvalue weighted by Crippen LogP contribution is 2.35. The molecule has 4 heterocycles. The molecule has 0 atom stereocenters. The fourth-order valence-electron chi connectivity index (χ4n) is 4.03. The molecule has 3 aromatic heterocycles. The van der Waals surface area contributed by atoms with E-state index in [1.165, 1.54) is 12.3 Å². The number of halogens is 1. The molecule has 8 heteroatoms. The van der Waals surface area contributed by atoms with Crippen molar-refractivity contribution in [3.05, 3.63) is 47.2 Å². The summed E-state index contributed by atoms with van der Waals surface area (Å²) in [5.74, 6) is 1.41. The number of anilines is 1. The van der Waals surface area contributed by atoms with Crippen LogP contribution in [0, 0.1) is 19.7 Å². The molecule has 0 spiro atoms. The van der Waals surface area contributed by atoms with Gasteiger partial charge < -0.3 is 14.6 Å². The molecule has 160 valence electrons. The number of carbonyl (C=O) groups excluding carboxylic acids is 1. The average molecular weight is 413 g/mol. The summed E-state index contributed by atoms with van der Waals surface area (Å²) in [5, 5.41) is 3.50. The number of likely N-dealkylation sites (tertiary alicyclic amines) is 1. The molecule has 1 fully saturated rings. The fourth-order valence-corrected chi connectivity index (χ4v) is 4.03. The highest BCUT2D eigenvalue weighted by atomic mass is 19.1. The number of hydrogen-bond donors (Lipinski definition) is 1. The summed E-state index contributed by atoms with van der Waals surface area (Å²) in [6.07, 6.45) is 3.03. The van der Waals surface area contributed by atoms with Crippen LogP contribution >= 0.6 is 0 Å². The summed E-state index contributed by atoms with van der Waals surface area (Å²) in [5.41, 5.74) is 2.06. The van der Waals surface area contributed by atoms with Crippen LogP contribution in [0.5, 0.6) is 0 Å². The fraction of sp³-hybridized carbons (Fsp3) is 0.500. The van der Waals surface area contributed by atoms with Crippen molar-refractivity contribution >= 4 is 17.4 Å². The quantitative estimate of drug-likeness (QED) is 0.693. The van der Waals surface area contributed by atoms with Crippen molar-refractivity contribution < 1.29 is 13.6 Å². The van der Waals surface area contributed by atoms with Gasteiger partial charge in [0.1, 0.15) is 17.3 Å². The Balaban J connectivity index is 1.58. The molecule has 0 aromatic carbocycles. The lowest BCUT2D eigenvalue weighted by atomic mass is 9.92. The highest BCUT2D eigenvalue weighted by Gasteiger charge is 2.31. The number of aromatic nitrogens is 3. The normalized spacial score (nSPS) is 15.7. The number of rotatable bonds is 3. The Labute approximate surface area is 175 Å². The molecule has 7 nitrogen and oxygen atoms in total. The zero-order chi connectivity index (χ0) is 21.6. The van der Waals surface area contributed by atoms with E-state index in [4.69, 9.17) is 9.40 Å². The second-order valence-electron chi connectivity index (χ2n) is 9.01. The Bertz CT molecular complexity index is 1090. The summed E-state index contributed by atoms with van der Waals surface area (Å²) >= 11 is 0. The summed E-state index contributed by atoms with van der Waals surface area (Å²) in [6, 6.07) is 3.12. The number of nitrogens with one attached hydrogen (secondary N) is 1. The third kappa shape index (κ3) is 3.91. The van der Waals surface area contributed by atoms with E-state index < -0.39 is 0 Å². The first-order chi connectivity index (χ1) is 14.1. The van der Waals surface area contributed by atoms with E-state index in [0.29, 0.717) is 36.1 Å². The predicted molar refractivity (Wildman–Crippen MR) is 112 cm³/mol. The van der Waals surface area contributed by atoms with Crippen LogP contribution in [-0.4, -0.2) is 43.8 Å². The van der Waals surface area contributed by atoms with Crippen molar-refractivity contribution in [2.45, 2.75) is 58.9 Å². The zero-order valence-electron chi connectivity index (χ0n) is 18.1. The monoisotopic (exact) mass is 413 g/mol. The topological polar surface area (TPSA) is 75.7 Å². The maximum absolute atomic E-state index is 13.9. The van der Waals surface area contributed by atoms with Crippen molar-refractivity contribution in [1.29, 1.82) is 0 Å². The Morgan fingerprint density at radius 1 is 1.20 bits per heavy atom. The van der Waals surface area contributed by atoms with Crippen LogP contribution in [0.25, 0.3) is 5.65 Å². The smallest absolute Gasteiger partial charge is 0.291 e. The minimum Gasteiger partial charge on any atom is -0.436 e. The van der Waals surface area contributed by atoms with Gasteiger partial charge in [0, 0.05) is 37.7 Å². The lowest BCUT2D eigenvalue weighted by Crippen LogP contribution is -2.38. The number of pyridine rings is 1. The van der Waals surface area contributed by atoms with E-state index in [-0.39, 0.29) is 23.2 Å². The molecular weight excluding hydrogens is 385 g/mol. The number of hydrogen-bond acceptors (Lipinski definition) is 5. The van der Waals surface area contributed by atoms with Crippen molar-refractivity contribution in [3.8, 4) is 0 Å². The summed E-state index contributed by atoms with van der Waals surface area (Å²) in [6.45, 7) is 11.0. The van der Waals surface area contributed by atoms with Gasteiger partial charge in [0.05, 0.1) is 11.4 Å². The van der Waals surface area contributed by atoms with Crippen molar-refractivity contribution in [1.82, 2.24) is 19.3 Å². The summed E-state index contributed by atoms with van der Waals surface area (Å²) in [4.78, 5) is 23.7. The van der Waals surface area contributed by atoms with E-state index in [0.717, 1.165) is 24.4 Å². The van der Waals surface area contributed by atoms with Crippen LogP contribution in [0.4, 0.5) is 10.2 Å². The average Bonchev–Trinajstić information content (AvgIpc) is 3.19. The number of aryl methyl sites for hydroxylation is 2. The highest BCUT2D eigenvalue weighted by molar-refractivity contribution is 5.92. The summed E-state index contributed by atoms with van der Waals surface area (Å²) < 4.78 is 21.2. The van der Waals surface area contributed by atoms with E-state index >= 15 is 0 Å². The third-order valence-corrected chi connectivity index (χ3v) is 5.37. The molecule has 1 amide bonds. The molecule has 4 rings (SSSR count). The van der Waals surface area contributed by atoms with E-state index in [2.05, 4.69) is 31.1 Å². The first-order valence-corrected chi connectivity index (χ1v) is 10.3. The number of carbonyl (C=O) groups is 1. The van der Waals surface area contributed by atoms with Gasteiger partial charge >= 0.3 is 0 Å². The molecule has 3 aromatic rings. The molecule has 1 aliphatic heterocycles. The van der Waals surface area contributed by atoms with Crippen molar-refractivity contribution in [2.24, 2.45) is 0 Å². The lowest BCUT2D eigenvalue weighted by molar-refractivity contribution is 0.0677. The van der Waals surface area contributed by atoms with Gasteiger partial charge in [-0.05, 0) is 52.7 Å². The van der Waals surface area contributed by atoms with Gasteiger partial charge in [0.2, 0.25) is 5.76 Å². The summed E-state index contributed by atoms with van der Waals surface area (Å²) in [7, 11) is 0. The van der Waals surface area contributed by atoms with Crippen molar-refractivity contribution in [2.75, 3.05) is 18.4 Å². The SMILES string of the molecule is Cc1nc(C)c(C(=O)N2CCC(c3nc4ccc(F)cn4c3NC(C)(C)C)CC2)o1. The molecule has 1 aliphatic rings. The third-order valence-electron chi connectivity index (χ3n) is 5.37. The number of amides is 1. The van der Waals surface area contributed by atoms with Gasteiger partial charge in [0.15, 0.2) is 5.89 Å². The number of nitrogens with zero attached hydrogens (tertiary/aromatic N) is 4. The van der Waals surface area contributed by atoms with Crippen LogP contribution in [0.1, 0.15) is 67.4 Å². The molecular formula is C22H28FN5O2. The Kier molecular flexibility index (Phi) is 5.03. The molecule has 0 saturated carbocycles. The Hall–Kier alpha value is -2.90. The number of oxazole rings is 1.